The van der Waals surface area contributed by atoms with Crippen LogP contribution in [0.25, 0.3) is 0 Å². The molecule has 0 spiro atoms. The topological polar surface area (TPSA) is 42.0 Å². The van der Waals surface area contributed by atoms with Gasteiger partial charge < -0.3 is 14.4 Å². The van der Waals surface area contributed by atoms with E-state index in [0.717, 1.165) is 57.1 Å². The van der Waals surface area contributed by atoms with Gasteiger partial charge in [0.2, 0.25) is 5.91 Å². The Morgan fingerprint density at radius 1 is 1.16 bits per heavy atom. The molecule has 5 heteroatoms. The van der Waals surface area contributed by atoms with Crippen molar-refractivity contribution < 1.29 is 14.3 Å². The van der Waals surface area contributed by atoms with Crippen LogP contribution in [0.15, 0.2) is 12.1 Å². The van der Waals surface area contributed by atoms with Crippen LogP contribution in [-0.4, -0.2) is 56.1 Å². The van der Waals surface area contributed by atoms with Crippen molar-refractivity contribution in [3.05, 3.63) is 23.3 Å². The fourth-order valence-corrected chi connectivity index (χ4v) is 3.96. The predicted molar refractivity (Wildman–Crippen MR) is 98.1 cm³/mol. The molecule has 0 saturated carbocycles. The van der Waals surface area contributed by atoms with Crippen LogP contribution in [0, 0.1) is 5.92 Å². The van der Waals surface area contributed by atoms with Crippen LogP contribution in [0.4, 0.5) is 0 Å². The zero-order chi connectivity index (χ0) is 17.8. The summed E-state index contributed by atoms with van der Waals surface area (Å²) in [7, 11) is 3.34. The average molecular weight is 346 g/mol. The predicted octanol–water partition coefficient (Wildman–Crippen LogP) is 2.71. The molecule has 0 aromatic heterocycles. The molecule has 1 amide bonds. The standard InChI is InChI=1S/C20H30N2O3/c1-15-5-4-8-22(13-15)20(23)7-10-21-9-6-16-11-18(24-2)19(25-3)12-17(16)14-21/h11-12,15H,4-10,13-14H2,1-3H3. The number of hydrogen-bond donors (Lipinski definition) is 0. The van der Waals surface area contributed by atoms with E-state index in [2.05, 4.69) is 28.9 Å². The van der Waals surface area contributed by atoms with E-state index >= 15 is 0 Å². The summed E-state index contributed by atoms with van der Waals surface area (Å²) in [6.45, 7) is 6.80. The van der Waals surface area contributed by atoms with Gasteiger partial charge in [0.05, 0.1) is 14.2 Å². The van der Waals surface area contributed by atoms with Crippen molar-refractivity contribution in [3.63, 3.8) is 0 Å². The van der Waals surface area contributed by atoms with Crippen molar-refractivity contribution in [2.24, 2.45) is 5.92 Å². The van der Waals surface area contributed by atoms with E-state index in [4.69, 9.17) is 9.47 Å². The van der Waals surface area contributed by atoms with E-state index in [0.29, 0.717) is 18.2 Å². The highest BCUT2D eigenvalue weighted by molar-refractivity contribution is 5.76. The van der Waals surface area contributed by atoms with Gasteiger partial charge in [0.15, 0.2) is 11.5 Å². The first-order chi connectivity index (χ1) is 12.1. The monoisotopic (exact) mass is 346 g/mol. The first-order valence-electron chi connectivity index (χ1n) is 9.34. The van der Waals surface area contributed by atoms with Crippen molar-refractivity contribution in [3.8, 4) is 11.5 Å². The summed E-state index contributed by atoms with van der Waals surface area (Å²) in [5, 5.41) is 0. The van der Waals surface area contributed by atoms with Gasteiger partial charge in [0, 0.05) is 39.1 Å². The summed E-state index contributed by atoms with van der Waals surface area (Å²) in [6.07, 6.45) is 4.00. The number of likely N-dealkylation sites (tertiary alicyclic amines) is 1. The van der Waals surface area contributed by atoms with E-state index in [1.54, 1.807) is 14.2 Å². The molecule has 0 bridgehead atoms. The lowest BCUT2D eigenvalue weighted by molar-refractivity contribution is -0.133. The largest absolute Gasteiger partial charge is 0.493 e. The molecule has 1 saturated heterocycles. The Morgan fingerprint density at radius 2 is 1.88 bits per heavy atom. The number of benzene rings is 1. The number of methoxy groups -OCH3 is 2. The number of piperidine rings is 1. The van der Waals surface area contributed by atoms with Crippen molar-refractivity contribution in [2.75, 3.05) is 40.4 Å². The molecule has 0 radical (unpaired) electrons. The molecule has 1 aromatic carbocycles. The highest BCUT2D eigenvalue weighted by Crippen LogP contribution is 2.33. The molecule has 5 nitrogen and oxygen atoms in total. The van der Waals surface area contributed by atoms with Gasteiger partial charge >= 0.3 is 0 Å². The Hall–Kier alpha value is -1.75. The number of amides is 1. The zero-order valence-electron chi connectivity index (χ0n) is 15.7. The molecule has 2 aliphatic heterocycles. The Kier molecular flexibility index (Phi) is 5.84. The van der Waals surface area contributed by atoms with Crippen LogP contribution in [0.5, 0.6) is 11.5 Å². The summed E-state index contributed by atoms with van der Waals surface area (Å²) in [5.74, 6) is 2.53. The smallest absolute Gasteiger partial charge is 0.223 e. The van der Waals surface area contributed by atoms with Crippen LogP contribution in [-0.2, 0) is 17.8 Å². The SMILES string of the molecule is COc1cc2c(cc1OC)CN(CCC(=O)N1CCCC(C)C1)CC2. The first kappa shape index (κ1) is 18.1. The van der Waals surface area contributed by atoms with Crippen molar-refractivity contribution >= 4 is 5.91 Å². The lowest BCUT2D eigenvalue weighted by atomic mass is 9.98. The van der Waals surface area contributed by atoms with Gasteiger partial charge in [-0.1, -0.05) is 6.92 Å². The first-order valence-corrected chi connectivity index (χ1v) is 9.34. The quantitative estimate of drug-likeness (QED) is 0.822. The highest BCUT2D eigenvalue weighted by Gasteiger charge is 2.23. The maximum atomic E-state index is 12.5. The van der Waals surface area contributed by atoms with E-state index in [-0.39, 0.29) is 0 Å². The van der Waals surface area contributed by atoms with Crippen LogP contribution in [0.3, 0.4) is 0 Å². The summed E-state index contributed by atoms with van der Waals surface area (Å²) < 4.78 is 10.8. The minimum Gasteiger partial charge on any atom is -0.493 e. The highest BCUT2D eigenvalue weighted by atomic mass is 16.5. The molecular formula is C20H30N2O3. The molecule has 1 fully saturated rings. The minimum absolute atomic E-state index is 0.310. The van der Waals surface area contributed by atoms with Gasteiger partial charge in [0.1, 0.15) is 0 Å². The second kappa shape index (κ2) is 8.09. The molecule has 138 valence electrons. The summed E-state index contributed by atoms with van der Waals surface area (Å²) in [4.78, 5) is 16.9. The molecule has 2 heterocycles. The van der Waals surface area contributed by atoms with Gasteiger partial charge in [-0.05, 0) is 48.4 Å². The molecular weight excluding hydrogens is 316 g/mol. The van der Waals surface area contributed by atoms with E-state index in [1.165, 1.54) is 17.5 Å². The molecule has 25 heavy (non-hydrogen) atoms. The number of fused-ring (bicyclic) bond motifs is 1. The Bertz CT molecular complexity index is 617. The summed E-state index contributed by atoms with van der Waals surface area (Å²) >= 11 is 0. The number of rotatable bonds is 5. The fourth-order valence-electron chi connectivity index (χ4n) is 3.96. The third kappa shape index (κ3) is 4.27. The van der Waals surface area contributed by atoms with Gasteiger partial charge in [-0.15, -0.1) is 0 Å². The Balaban J connectivity index is 1.56. The van der Waals surface area contributed by atoms with Crippen LogP contribution >= 0.6 is 0 Å². The molecule has 0 N–H and O–H groups in total. The number of hydrogen-bond acceptors (Lipinski definition) is 4. The molecule has 1 atom stereocenters. The van der Waals surface area contributed by atoms with Crippen molar-refractivity contribution in [1.29, 1.82) is 0 Å². The van der Waals surface area contributed by atoms with E-state index in [9.17, 15) is 4.79 Å². The molecule has 2 aliphatic rings. The lowest BCUT2D eigenvalue weighted by Crippen LogP contribution is -2.41. The zero-order valence-corrected chi connectivity index (χ0v) is 15.7. The van der Waals surface area contributed by atoms with Gasteiger partial charge in [-0.2, -0.15) is 0 Å². The lowest BCUT2D eigenvalue weighted by Gasteiger charge is -2.33. The number of ether oxygens (including phenoxy) is 2. The molecule has 1 unspecified atom stereocenters. The molecule has 1 aromatic rings. The van der Waals surface area contributed by atoms with Crippen LogP contribution < -0.4 is 9.47 Å². The van der Waals surface area contributed by atoms with Crippen molar-refractivity contribution in [2.45, 2.75) is 39.2 Å². The second-order valence-corrected chi connectivity index (χ2v) is 7.34. The average Bonchev–Trinajstić information content (AvgIpc) is 2.64. The van der Waals surface area contributed by atoms with Gasteiger partial charge in [-0.3, -0.25) is 9.69 Å². The third-order valence-corrected chi connectivity index (χ3v) is 5.45. The van der Waals surface area contributed by atoms with Crippen LogP contribution in [0.1, 0.15) is 37.3 Å². The van der Waals surface area contributed by atoms with Gasteiger partial charge in [0.25, 0.3) is 0 Å². The maximum absolute atomic E-state index is 12.5. The molecule has 0 aliphatic carbocycles. The summed E-state index contributed by atoms with van der Waals surface area (Å²) in [5.41, 5.74) is 2.60. The van der Waals surface area contributed by atoms with E-state index in [1.807, 2.05) is 0 Å². The number of carbonyl (C=O) groups excluding carboxylic acids is 1. The maximum Gasteiger partial charge on any atom is 0.223 e. The Morgan fingerprint density at radius 3 is 2.56 bits per heavy atom. The second-order valence-electron chi connectivity index (χ2n) is 7.34. The number of carbonyl (C=O) groups is 1. The Labute approximate surface area is 150 Å². The van der Waals surface area contributed by atoms with Crippen LogP contribution in [0.2, 0.25) is 0 Å². The minimum atomic E-state index is 0.310. The van der Waals surface area contributed by atoms with Gasteiger partial charge in [-0.25, -0.2) is 0 Å². The normalized spacial score (nSPS) is 20.9. The third-order valence-electron chi connectivity index (χ3n) is 5.45. The summed E-state index contributed by atoms with van der Waals surface area (Å²) in [6, 6.07) is 4.17. The number of nitrogens with zero attached hydrogens (tertiary/aromatic N) is 2. The van der Waals surface area contributed by atoms with Crippen molar-refractivity contribution in [1.82, 2.24) is 9.80 Å². The van der Waals surface area contributed by atoms with E-state index < -0.39 is 0 Å². The fraction of sp³-hybridized carbons (Fsp3) is 0.650. The molecule has 3 rings (SSSR count).